The molecule has 25 heavy (non-hydrogen) atoms. The molecule has 1 atom stereocenters. The zero-order chi connectivity index (χ0) is 17.8. The minimum absolute atomic E-state index is 0. The molecule has 0 fully saturated rings. The molecule has 7 nitrogen and oxygen atoms in total. The quantitative estimate of drug-likeness (QED) is 0.316. The molecule has 0 bridgehead atoms. The van der Waals surface area contributed by atoms with Crippen LogP contribution in [0.25, 0.3) is 0 Å². The first-order chi connectivity index (χ1) is 11.6. The third kappa shape index (κ3) is 9.66. The van der Waals surface area contributed by atoms with Crippen LogP contribution in [0.5, 0.6) is 0 Å². The number of nitrogens with zero attached hydrogens (tertiary/aromatic N) is 4. The van der Waals surface area contributed by atoms with Crippen molar-refractivity contribution in [3.05, 3.63) is 18.5 Å². The molecule has 1 rings (SSSR count). The van der Waals surface area contributed by atoms with Gasteiger partial charge in [0.1, 0.15) is 0 Å². The topological polar surface area (TPSA) is 74.5 Å². The van der Waals surface area contributed by atoms with Crippen molar-refractivity contribution in [3.63, 3.8) is 0 Å². The van der Waals surface area contributed by atoms with Crippen molar-refractivity contribution in [2.75, 3.05) is 32.7 Å². The van der Waals surface area contributed by atoms with Gasteiger partial charge >= 0.3 is 0 Å². The molecule has 0 spiro atoms. The van der Waals surface area contributed by atoms with Gasteiger partial charge in [0.2, 0.25) is 5.91 Å². The Labute approximate surface area is 168 Å². The molecule has 144 valence electrons. The van der Waals surface area contributed by atoms with Crippen molar-refractivity contribution in [2.45, 2.75) is 40.7 Å². The molecule has 0 aliphatic heterocycles. The fraction of sp³-hybridized carbons (Fsp3) is 0.706. The van der Waals surface area contributed by atoms with Crippen LogP contribution in [0.4, 0.5) is 0 Å². The first-order valence-corrected chi connectivity index (χ1v) is 8.88. The Morgan fingerprint density at radius 2 is 2.00 bits per heavy atom. The predicted molar refractivity (Wildman–Crippen MR) is 113 cm³/mol. The van der Waals surface area contributed by atoms with Gasteiger partial charge in [-0.2, -0.15) is 5.10 Å². The van der Waals surface area contributed by atoms with Crippen LogP contribution in [0.1, 0.15) is 34.1 Å². The van der Waals surface area contributed by atoms with E-state index >= 15 is 0 Å². The molecule has 2 N–H and O–H groups in total. The van der Waals surface area contributed by atoms with Crippen LogP contribution in [0, 0.1) is 5.92 Å². The van der Waals surface area contributed by atoms with E-state index in [-0.39, 0.29) is 29.9 Å². The fourth-order valence-corrected chi connectivity index (χ4v) is 2.40. The van der Waals surface area contributed by atoms with Gasteiger partial charge in [0.15, 0.2) is 5.96 Å². The molecule has 0 aliphatic rings. The van der Waals surface area contributed by atoms with E-state index < -0.39 is 0 Å². The monoisotopic (exact) mass is 464 g/mol. The molecule has 8 heteroatoms. The summed E-state index contributed by atoms with van der Waals surface area (Å²) in [6.07, 6.45) is 4.23. The molecule has 0 saturated carbocycles. The van der Waals surface area contributed by atoms with Crippen molar-refractivity contribution in [1.29, 1.82) is 0 Å². The second kappa shape index (κ2) is 13.9. The number of guanidine groups is 1. The van der Waals surface area contributed by atoms with Crippen LogP contribution in [0.2, 0.25) is 0 Å². The lowest BCUT2D eigenvalue weighted by Crippen LogP contribution is -2.40. The summed E-state index contributed by atoms with van der Waals surface area (Å²) in [6.45, 7) is 12.6. The second-order valence-corrected chi connectivity index (χ2v) is 5.80. The Hall–Kier alpha value is -1.32. The Balaban J connectivity index is 0.00000576. The molecule has 1 heterocycles. The molecule has 1 amide bonds. The Morgan fingerprint density at radius 1 is 1.28 bits per heavy atom. The van der Waals surface area contributed by atoms with Crippen molar-refractivity contribution in [1.82, 2.24) is 25.3 Å². The van der Waals surface area contributed by atoms with E-state index in [9.17, 15) is 4.79 Å². The summed E-state index contributed by atoms with van der Waals surface area (Å²) in [5, 5.41) is 10.7. The van der Waals surface area contributed by atoms with Gasteiger partial charge in [0.25, 0.3) is 0 Å². The van der Waals surface area contributed by atoms with Crippen LogP contribution >= 0.6 is 24.0 Å². The number of nitrogens with one attached hydrogen (secondary N) is 2. The number of aliphatic imine (C=N–C) groups is 1. The Kier molecular flexibility index (Phi) is 13.2. The predicted octanol–water partition coefficient (Wildman–Crippen LogP) is 1.95. The zero-order valence-electron chi connectivity index (χ0n) is 15.9. The number of carbonyl (C=O) groups is 1. The van der Waals surface area contributed by atoms with Crippen molar-refractivity contribution < 1.29 is 4.79 Å². The van der Waals surface area contributed by atoms with Gasteiger partial charge in [-0.3, -0.25) is 14.5 Å². The van der Waals surface area contributed by atoms with Crippen LogP contribution in [0.15, 0.2) is 23.5 Å². The molecule has 0 aromatic carbocycles. The Bertz CT molecular complexity index is 487. The van der Waals surface area contributed by atoms with E-state index in [1.165, 1.54) is 0 Å². The first kappa shape index (κ1) is 23.7. The molecule has 0 saturated heterocycles. The number of rotatable bonds is 10. The van der Waals surface area contributed by atoms with Gasteiger partial charge in [0, 0.05) is 58.1 Å². The maximum atomic E-state index is 12.0. The fourth-order valence-electron chi connectivity index (χ4n) is 2.40. The minimum atomic E-state index is 0. The molecule has 0 radical (unpaired) electrons. The van der Waals surface area contributed by atoms with Crippen LogP contribution in [-0.4, -0.2) is 59.3 Å². The van der Waals surface area contributed by atoms with E-state index in [1.807, 2.05) is 42.6 Å². The van der Waals surface area contributed by atoms with E-state index in [0.29, 0.717) is 25.4 Å². The highest BCUT2D eigenvalue weighted by Gasteiger charge is 2.09. The summed E-state index contributed by atoms with van der Waals surface area (Å²) in [5.41, 5.74) is 0. The molecule has 1 aromatic rings. The van der Waals surface area contributed by atoms with Crippen LogP contribution in [-0.2, 0) is 11.3 Å². The lowest BCUT2D eigenvalue weighted by atomic mass is 10.2. The second-order valence-electron chi connectivity index (χ2n) is 5.80. The largest absolute Gasteiger partial charge is 0.357 e. The van der Waals surface area contributed by atoms with Crippen molar-refractivity contribution in [2.24, 2.45) is 10.9 Å². The van der Waals surface area contributed by atoms with Gasteiger partial charge in [0.05, 0.1) is 0 Å². The summed E-state index contributed by atoms with van der Waals surface area (Å²) in [4.78, 5) is 18.5. The van der Waals surface area contributed by atoms with E-state index in [0.717, 1.165) is 32.1 Å². The third-order valence-electron chi connectivity index (χ3n) is 3.71. The Morgan fingerprint density at radius 3 is 2.56 bits per heavy atom. The zero-order valence-corrected chi connectivity index (χ0v) is 18.2. The van der Waals surface area contributed by atoms with Gasteiger partial charge in [-0.1, -0.05) is 6.92 Å². The highest BCUT2D eigenvalue weighted by molar-refractivity contribution is 14.0. The molecule has 1 unspecified atom stereocenters. The number of aromatic nitrogens is 2. The first-order valence-electron chi connectivity index (χ1n) is 8.88. The maximum Gasteiger partial charge on any atom is 0.224 e. The van der Waals surface area contributed by atoms with E-state index in [4.69, 9.17) is 0 Å². The molecular weight excluding hydrogens is 431 g/mol. The van der Waals surface area contributed by atoms with Crippen molar-refractivity contribution in [3.8, 4) is 0 Å². The molecular formula is C17H33IN6O. The standard InChI is InChI=1S/C17H32N6O.HI/c1-5-18-17(19-11-9-16(24)22(6-2)7-3)20-13-15(4)14-23-12-8-10-21-23;/h8,10,12,15H,5-7,9,11,13-14H2,1-4H3,(H2,18,19,20);1H. The summed E-state index contributed by atoms with van der Waals surface area (Å²) in [5.74, 6) is 1.32. The van der Waals surface area contributed by atoms with Gasteiger partial charge in [-0.05, 0) is 32.8 Å². The summed E-state index contributed by atoms with van der Waals surface area (Å²) < 4.78 is 1.92. The van der Waals surface area contributed by atoms with Gasteiger partial charge in [-0.15, -0.1) is 24.0 Å². The SMILES string of the molecule is CCNC(=NCC(C)Cn1cccn1)NCCC(=O)N(CC)CC.I. The number of hydrogen-bond acceptors (Lipinski definition) is 3. The number of halogens is 1. The highest BCUT2D eigenvalue weighted by atomic mass is 127. The number of hydrogen-bond donors (Lipinski definition) is 2. The van der Waals surface area contributed by atoms with Gasteiger partial charge in [-0.25, -0.2) is 0 Å². The number of amides is 1. The summed E-state index contributed by atoms with van der Waals surface area (Å²) in [7, 11) is 0. The summed E-state index contributed by atoms with van der Waals surface area (Å²) in [6, 6.07) is 1.93. The van der Waals surface area contributed by atoms with Crippen molar-refractivity contribution >= 4 is 35.8 Å². The van der Waals surface area contributed by atoms with E-state index in [2.05, 4.69) is 27.6 Å². The lowest BCUT2D eigenvalue weighted by Gasteiger charge is -2.19. The third-order valence-corrected chi connectivity index (χ3v) is 3.71. The smallest absolute Gasteiger partial charge is 0.224 e. The number of carbonyl (C=O) groups excluding carboxylic acids is 1. The lowest BCUT2D eigenvalue weighted by molar-refractivity contribution is -0.130. The average Bonchev–Trinajstić information content (AvgIpc) is 3.06. The summed E-state index contributed by atoms with van der Waals surface area (Å²) >= 11 is 0. The molecule has 0 aliphatic carbocycles. The minimum Gasteiger partial charge on any atom is -0.357 e. The molecule has 1 aromatic heterocycles. The maximum absolute atomic E-state index is 12.0. The van der Waals surface area contributed by atoms with Gasteiger partial charge < -0.3 is 15.5 Å². The highest BCUT2D eigenvalue weighted by Crippen LogP contribution is 2.00. The normalized spacial score (nSPS) is 12.2. The average molecular weight is 464 g/mol. The van der Waals surface area contributed by atoms with Crippen LogP contribution in [0.3, 0.4) is 0 Å². The van der Waals surface area contributed by atoms with Crippen LogP contribution < -0.4 is 10.6 Å². The van der Waals surface area contributed by atoms with E-state index in [1.54, 1.807) is 6.20 Å².